The number of rotatable bonds is 10. The lowest BCUT2D eigenvalue weighted by atomic mass is 10.0. The second-order valence-corrected chi connectivity index (χ2v) is 8.47. The summed E-state index contributed by atoms with van der Waals surface area (Å²) >= 11 is 6.00. The van der Waals surface area contributed by atoms with Gasteiger partial charge in [0.05, 0.1) is 35.2 Å². The zero-order valence-corrected chi connectivity index (χ0v) is 20.5. The average molecular weight is 585 g/mol. The number of hydrogen-bond donors (Lipinski definition) is 0. The molecule has 0 N–H and O–H groups in total. The maximum absolute atomic E-state index is 15.1. The molecule has 4 aromatic heterocycles. The molecular formula is C22H15ClF6N10O. The van der Waals surface area contributed by atoms with Crippen molar-refractivity contribution in [1.29, 1.82) is 0 Å². The van der Waals surface area contributed by atoms with E-state index in [9.17, 15) is 22.0 Å². The van der Waals surface area contributed by atoms with Crippen molar-refractivity contribution in [3.63, 3.8) is 0 Å². The molecule has 0 saturated heterocycles. The molecule has 0 saturated carbocycles. The van der Waals surface area contributed by atoms with Gasteiger partial charge in [-0.25, -0.2) is 4.39 Å². The van der Waals surface area contributed by atoms with E-state index < -0.39 is 43.3 Å². The summed E-state index contributed by atoms with van der Waals surface area (Å²) in [4.78, 5) is 4.28. The standard InChI is InChI=1S/C22H15ClF6N10O/c23-13-2-4-16(38-10-31-35-36-38)17(18(13)24)11-1-3-14(30-7-11)15(5-6-40-22(28)29)37-9-12(8-32-37)19-20(25)34-39(33-19)21(26)27/h1-4,7-10,15,21-22H,5-6H2. The first-order valence-electron chi connectivity index (χ1n) is 11.3. The molecule has 11 nitrogen and oxygen atoms in total. The number of tetrazole rings is 1. The van der Waals surface area contributed by atoms with Crippen LogP contribution in [0.15, 0.2) is 49.2 Å². The van der Waals surface area contributed by atoms with Crippen molar-refractivity contribution in [3.8, 4) is 28.1 Å². The Hall–Kier alpha value is -4.38. The van der Waals surface area contributed by atoms with Gasteiger partial charge in [-0.1, -0.05) is 17.7 Å². The first kappa shape index (κ1) is 27.2. The molecule has 0 aliphatic heterocycles. The minimum Gasteiger partial charge on any atom is -0.323 e. The van der Waals surface area contributed by atoms with Gasteiger partial charge in [-0.05, 0) is 35.0 Å². The van der Waals surface area contributed by atoms with E-state index >= 15 is 4.39 Å². The van der Waals surface area contributed by atoms with Crippen molar-refractivity contribution in [3.05, 3.63) is 71.7 Å². The summed E-state index contributed by atoms with van der Waals surface area (Å²) < 4.78 is 87.2. The van der Waals surface area contributed by atoms with Crippen molar-refractivity contribution in [1.82, 2.24) is 50.0 Å². The molecule has 208 valence electrons. The number of alkyl halides is 4. The van der Waals surface area contributed by atoms with Crippen LogP contribution in [0.2, 0.25) is 5.02 Å². The summed E-state index contributed by atoms with van der Waals surface area (Å²) in [6.45, 7) is -6.60. The summed E-state index contributed by atoms with van der Waals surface area (Å²) in [6.07, 6.45) is 4.96. The van der Waals surface area contributed by atoms with Crippen molar-refractivity contribution >= 4 is 11.6 Å². The third-order valence-corrected chi connectivity index (χ3v) is 5.97. The SMILES string of the molecule is Fc1nn(C(F)F)nc1-c1cnn(C(CCOC(F)F)c2ccc(-c3c(-n4cnnn4)ccc(Cl)c3F)cn2)c1. The van der Waals surface area contributed by atoms with E-state index in [2.05, 4.69) is 40.5 Å². The van der Waals surface area contributed by atoms with Crippen molar-refractivity contribution in [2.45, 2.75) is 25.6 Å². The Morgan fingerprint density at radius 3 is 2.45 bits per heavy atom. The average Bonchev–Trinajstić information content (AvgIpc) is 3.70. The Kier molecular flexibility index (Phi) is 7.74. The Morgan fingerprint density at radius 2 is 1.80 bits per heavy atom. The van der Waals surface area contributed by atoms with Gasteiger partial charge in [0.15, 0.2) is 11.5 Å². The smallest absolute Gasteiger partial charge is 0.323 e. The predicted molar refractivity (Wildman–Crippen MR) is 125 cm³/mol. The van der Waals surface area contributed by atoms with Gasteiger partial charge in [-0.15, -0.1) is 20.1 Å². The molecule has 0 radical (unpaired) electrons. The van der Waals surface area contributed by atoms with Crippen molar-refractivity contribution in [2.75, 3.05) is 6.61 Å². The maximum Gasteiger partial charge on any atom is 0.348 e. The van der Waals surface area contributed by atoms with Crippen LogP contribution in [0.4, 0.5) is 26.3 Å². The highest BCUT2D eigenvalue weighted by Gasteiger charge is 2.23. The fourth-order valence-electron chi connectivity index (χ4n) is 3.91. The monoisotopic (exact) mass is 584 g/mol. The molecule has 18 heteroatoms. The topological polar surface area (TPSA) is 114 Å². The molecule has 40 heavy (non-hydrogen) atoms. The Bertz CT molecular complexity index is 1590. The van der Waals surface area contributed by atoms with Gasteiger partial charge in [-0.3, -0.25) is 9.67 Å². The number of nitrogens with zero attached hydrogens (tertiary/aromatic N) is 10. The van der Waals surface area contributed by atoms with Crippen LogP contribution in [0.25, 0.3) is 28.1 Å². The second-order valence-electron chi connectivity index (χ2n) is 8.06. The van der Waals surface area contributed by atoms with Crippen LogP contribution in [0.5, 0.6) is 0 Å². The van der Waals surface area contributed by atoms with Crippen LogP contribution < -0.4 is 0 Å². The Labute approximate surface area is 225 Å². The number of aromatic nitrogens is 10. The quantitative estimate of drug-likeness (QED) is 0.217. The van der Waals surface area contributed by atoms with Gasteiger partial charge in [0.1, 0.15) is 6.33 Å². The fraction of sp³-hybridized carbons (Fsp3) is 0.227. The fourth-order valence-corrected chi connectivity index (χ4v) is 4.07. The normalized spacial score (nSPS) is 12.5. The minimum atomic E-state index is -3.16. The van der Waals surface area contributed by atoms with Crippen LogP contribution in [0.3, 0.4) is 0 Å². The van der Waals surface area contributed by atoms with Crippen molar-refractivity contribution in [2.24, 2.45) is 0 Å². The van der Waals surface area contributed by atoms with Crippen LogP contribution >= 0.6 is 11.6 Å². The van der Waals surface area contributed by atoms with E-state index in [1.54, 1.807) is 0 Å². The number of ether oxygens (including phenoxy) is 1. The van der Waals surface area contributed by atoms with Gasteiger partial charge in [0, 0.05) is 29.1 Å². The maximum atomic E-state index is 15.1. The van der Waals surface area contributed by atoms with Gasteiger partial charge in [0.25, 0.3) is 5.95 Å². The molecule has 0 aliphatic rings. The Morgan fingerprint density at radius 1 is 0.975 bits per heavy atom. The van der Waals surface area contributed by atoms with Gasteiger partial charge in [0.2, 0.25) is 0 Å². The van der Waals surface area contributed by atoms with Gasteiger partial charge in [-0.2, -0.15) is 31.7 Å². The second kappa shape index (κ2) is 11.4. The summed E-state index contributed by atoms with van der Waals surface area (Å²) in [5, 5.41) is 21.3. The zero-order valence-electron chi connectivity index (χ0n) is 19.8. The van der Waals surface area contributed by atoms with E-state index in [1.165, 1.54) is 52.4 Å². The van der Waals surface area contributed by atoms with E-state index in [0.29, 0.717) is 11.3 Å². The summed E-state index contributed by atoms with van der Waals surface area (Å²) in [6, 6.07) is 5.05. The van der Waals surface area contributed by atoms with Crippen LogP contribution in [0.1, 0.15) is 24.7 Å². The molecule has 5 rings (SSSR count). The molecule has 5 aromatic rings. The van der Waals surface area contributed by atoms with Crippen LogP contribution in [0, 0.1) is 11.8 Å². The van der Waals surface area contributed by atoms with E-state index in [1.807, 2.05) is 0 Å². The first-order chi connectivity index (χ1) is 19.2. The molecule has 1 unspecified atom stereocenters. The molecule has 0 fully saturated rings. The zero-order chi connectivity index (χ0) is 28.4. The van der Waals surface area contributed by atoms with Gasteiger partial charge >= 0.3 is 13.2 Å². The molecule has 0 aliphatic carbocycles. The highest BCUT2D eigenvalue weighted by atomic mass is 35.5. The molecular weight excluding hydrogens is 570 g/mol. The molecule has 4 heterocycles. The molecule has 1 aromatic carbocycles. The summed E-state index contributed by atoms with van der Waals surface area (Å²) in [5.41, 5.74) is 0.439. The van der Waals surface area contributed by atoms with E-state index in [-0.39, 0.29) is 33.1 Å². The lowest BCUT2D eigenvalue weighted by Gasteiger charge is -2.18. The predicted octanol–water partition coefficient (Wildman–Crippen LogP) is 4.72. The largest absolute Gasteiger partial charge is 0.348 e. The molecule has 1 atom stereocenters. The lowest BCUT2D eigenvalue weighted by Crippen LogP contribution is -2.16. The van der Waals surface area contributed by atoms with E-state index in [4.69, 9.17) is 11.6 Å². The van der Waals surface area contributed by atoms with Crippen LogP contribution in [-0.4, -0.2) is 63.2 Å². The van der Waals surface area contributed by atoms with Gasteiger partial charge < -0.3 is 4.74 Å². The molecule has 0 spiro atoms. The highest BCUT2D eigenvalue weighted by Crippen LogP contribution is 2.34. The third-order valence-electron chi connectivity index (χ3n) is 5.68. The van der Waals surface area contributed by atoms with Crippen LogP contribution in [-0.2, 0) is 4.74 Å². The summed E-state index contributed by atoms with van der Waals surface area (Å²) in [7, 11) is 0. The highest BCUT2D eigenvalue weighted by molar-refractivity contribution is 6.31. The third kappa shape index (κ3) is 5.50. The lowest BCUT2D eigenvalue weighted by molar-refractivity contribution is -0.130. The minimum absolute atomic E-state index is 0.00730. The number of benzene rings is 1. The molecule has 0 amide bonds. The summed E-state index contributed by atoms with van der Waals surface area (Å²) in [5.74, 6) is -2.00. The number of pyridine rings is 1. The molecule has 0 bridgehead atoms. The van der Waals surface area contributed by atoms with Crippen molar-refractivity contribution < 1.29 is 31.1 Å². The number of hydrogen-bond acceptors (Lipinski definition) is 8. The Balaban J connectivity index is 1.50. The number of halogens is 7. The van der Waals surface area contributed by atoms with E-state index in [0.717, 1.165) is 6.20 Å². The first-order valence-corrected chi connectivity index (χ1v) is 11.6.